The van der Waals surface area contributed by atoms with Crippen molar-refractivity contribution in [2.24, 2.45) is 5.92 Å². The Bertz CT molecular complexity index is 783. The fourth-order valence-electron chi connectivity index (χ4n) is 3.12. The lowest BCUT2D eigenvalue weighted by Crippen LogP contribution is -2.46. The Hall–Kier alpha value is -2.28. The smallest absolute Gasteiger partial charge is 0.317 e. The van der Waals surface area contributed by atoms with E-state index in [9.17, 15) is 9.59 Å². The summed E-state index contributed by atoms with van der Waals surface area (Å²) in [6.07, 6.45) is 5.98. The maximum absolute atomic E-state index is 12.3. The topological polar surface area (TPSA) is 78.7 Å². The Morgan fingerprint density at radius 2 is 2.00 bits per heavy atom. The number of aromatic nitrogens is 2. The predicted molar refractivity (Wildman–Crippen MR) is 100 cm³/mol. The molecule has 1 saturated heterocycles. The number of amides is 3. The Balaban J connectivity index is 1.47. The minimum atomic E-state index is -0.118. The summed E-state index contributed by atoms with van der Waals surface area (Å²) < 4.78 is 1.84. The summed E-state index contributed by atoms with van der Waals surface area (Å²) in [6.45, 7) is 4.29. The number of carbonyl (C=O) groups excluding carboxylic acids is 2. The molecule has 2 aromatic heterocycles. The molecule has 0 atom stereocenters. The zero-order chi connectivity index (χ0) is 18.5. The number of hydrogen-bond acceptors (Lipinski definition) is 3. The van der Waals surface area contributed by atoms with E-state index in [1.165, 1.54) is 0 Å². The van der Waals surface area contributed by atoms with Crippen molar-refractivity contribution in [1.82, 2.24) is 24.9 Å². The van der Waals surface area contributed by atoms with Gasteiger partial charge in [-0.2, -0.15) is 0 Å². The molecule has 1 aliphatic heterocycles. The summed E-state index contributed by atoms with van der Waals surface area (Å²) in [7, 11) is 0. The van der Waals surface area contributed by atoms with E-state index in [0.29, 0.717) is 44.0 Å². The van der Waals surface area contributed by atoms with Crippen molar-refractivity contribution < 1.29 is 9.59 Å². The Labute approximate surface area is 157 Å². The lowest BCUT2D eigenvalue weighted by atomic mass is 9.96. The highest BCUT2D eigenvalue weighted by atomic mass is 35.5. The van der Waals surface area contributed by atoms with Crippen LogP contribution in [-0.4, -0.2) is 45.9 Å². The van der Waals surface area contributed by atoms with E-state index in [4.69, 9.17) is 11.6 Å². The molecule has 26 heavy (non-hydrogen) atoms. The average Bonchev–Trinajstić information content (AvgIpc) is 3.06. The lowest BCUT2D eigenvalue weighted by Gasteiger charge is -2.31. The van der Waals surface area contributed by atoms with Gasteiger partial charge in [0.1, 0.15) is 5.65 Å². The van der Waals surface area contributed by atoms with Crippen molar-refractivity contribution in [2.45, 2.75) is 32.7 Å². The predicted octanol–water partition coefficient (Wildman–Crippen LogP) is 2.44. The van der Waals surface area contributed by atoms with Gasteiger partial charge in [-0.3, -0.25) is 4.79 Å². The van der Waals surface area contributed by atoms with Crippen LogP contribution in [0.2, 0.25) is 5.02 Å². The van der Waals surface area contributed by atoms with Crippen LogP contribution in [0.25, 0.3) is 5.65 Å². The third-order valence-electron chi connectivity index (χ3n) is 4.59. The Morgan fingerprint density at radius 1 is 1.23 bits per heavy atom. The number of rotatable bonds is 5. The molecule has 0 aliphatic carbocycles. The summed E-state index contributed by atoms with van der Waals surface area (Å²) in [6, 6.07) is 3.50. The maximum atomic E-state index is 12.3. The summed E-state index contributed by atoms with van der Waals surface area (Å²) in [5, 5.41) is 6.47. The zero-order valence-corrected chi connectivity index (χ0v) is 15.6. The largest absolute Gasteiger partial charge is 0.356 e. The van der Waals surface area contributed by atoms with Gasteiger partial charge in [-0.15, -0.1) is 0 Å². The van der Waals surface area contributed by atoms with Crippen molar-refractivity contribution in [2.75, 3.05) is 19.6 Å². The summed E-state index contributed by atoms with van der Waals surface area (Å²) in [5.41, 5.74) is 1.56. The molecule has 0 aromatic carbocycles. The van der Waals surface area contributed by atoms with Crippen LogP contribution < -0.4 is 10.6 Å². The number of urea groups is 1. The van der Waals surface area contributed by atoms with E-state index in [0.717, 1.165) is 17.8 Å². The normalized spacial score (nSPS) is 15.2. The van der Waals surface area contributed by atoms with Crippen LogP contribution in [-0.2, 0) is 11.3 Å². The lowest BCUT2D eigenvalue weighted by molar-refractivity contribution is -0.126. The molecule has 2 N–H and O–H groups in total. The molecule has 3 heterocycles. The zero-order valence-electron chi connectivity index (χ0n) is 14.9. The minimum absolute atomic E-state index is 0.00814. The van der Waals surface area contributed by atoms with Crippen molar-refractivity contribution in [3.8, 4) is 0 Å². The number of hydrogen-bond donors (Lipinski definition) is 2. The second-order valence-corrected chi connectivity index (χ2v) is 6.99. The van der Waals surface area contributed by atoms with Gasteiger partial charge in [0.2, 0.25) is 5.91 Å². The molecule has 0 saturated carbocycles. The first-order chi connectivity index (χ1) is 12.6. The molecule has 3 rings (SSSR count). The third kappa shape index (κ3) is 4.46. The second-order valence-electron chi connectivity index (χ2n) is 6.56. The van der Waals surface area contributed by atoms with E-state index in [1.54, 1.807) is 17.2 Å². The molecule has 2 aromatic rings. The van der Waals surface area contributed by atoms with Crippen LogP contribution in [0.1, 0.15) is 31.9 Å². The molecule has 3 amide bonds. The highest BCUT2D eigenvalue weighted by Crippen LogP contribution is 2.17. The van der Waals surface area contributed by atoms with Gasteiger partial charge in [-0.1, -0.05) is 18.5 Å². The number of piperidine rings is 1. The van der Waals surface area contributed by atoms with Gasteiger partial charge in [-0.25, -0.2) is 9.78 Å². The SMILES string of the molecule is CCCNC(=O)C1CCN(C(=O)NCc2cn3cc(Cl)ccc3n2)CC1. The molecular weight excluding hydrogens is 354 g/mol. The van der Waals surface area contributed by atoms with E-state index >= 15 is 0 Å². The van der Waals surface area contributed by atoms with E-state index < -0.39 is 0 Å². The Morgan fingerprint density at radius 3 is 2.73 bits per heavy atom. The molecule has 0 radical (unpaired) electrons. The second kappa shape index (κ2) is 8.40. The molecule has 1 fully saturated rings. The molecule has 0 bridgehead atoms. The number of fused-ring (bicyclic) bond motifs is 1. The number of nitrogens with zero attached hydrogens (tertiary/aromatic N) is 3. The number of halogens is 1. The molecule has 140 valence electrons. The third-order valence-corrected chi connectivity index (χ3v) is 4.81. The number of pyridine rings is 1. The van der Waals surface area contributed by atoms with Crippen molar-refractivity contribution in [3.63, 3.8) is 0 Å². The highest BCUT2D eigenvalue weighted by Gasteiger charge is 2.27. The molecule has 0 unspecified atom stereocenters. The van der Waals surface area contributed by atoms with Crippen LogP contribution in [0.3, 0.4) is 0 Å². The van der Waals surface area contributed by atoms with Gasteiger partial charge in [0.25, 0.3) is 0 Å². The first-order valence-corrected chi connectivity index (χ1v) is 9.38. The first kappa shape index (κ1) is 18.5. The van der Waals surface area contributed by atoms with Gasteiger partial charge in [-0.05, 0) is 31.4 Å². The maximum Gasteiger partial charge on any atom is 0.317 e. The van der Waals surface area contributed by atoms with Crippen LogP contribution in [0.4, 0.5) is 4.79 Å². The first-order valence-electron chi connectivity index (χ1n) is 9.00. The van der Waals surface area contributed by atoms with Crippen molar-refractivity contribution in [1.29, 1.82) is 0 Å². The number of nitrogens with one attached hydrogen (secondary N) is 2. The number of carbonyl (C=O) groups is 2. The van der Waals surface area contributed by atoms with Gasteiger partial charge < -0.3 is 19.9 Å². The molecule has 0 spiro atoms. The molecule has 7 nitrogen and oxygen atoms in total. The van der Waals surface area contributed by atoms with E-state index in [-0.39, 0.29) is 17.9 Å². The summed E-state index contributed by atoms with van der Waals surface area (Å²) in [4.78, 5) is 30.6. The van der Waals surface area contributed by atoms with Crippen LogP contribution in [0, 0.1) is 5.92 Å². The van der Waals surface area contributed by atoms with Crippen LogP contribution in [0.15, 0.2) is 24.5 Å². The van der Waals surface area contributed by atoms with Crippen molar-refractivity contribution in [3.05, 3.63) is 35.2 Å². The quantitative estimate of drug-likeness (QED) is 0.839. The van der Waals surface area contributed by atoms with E-state index in [1.807, 2.05) is 23.6 Å². The van der Waals surface area contributed by atoms with Crippen LogP contribution >= 0.6 is 11.6 Å². The molecule has 8 heteroatoms. The monoisotopic (exact) mass is 377 g/mol. The van der Waals surface area contributed by atoms with Gasteiger partial charge in [0.05, 0.1) is 17.3 Å². The van der Waals surface area contributed by atoms with Crippen LogP contribution in [0.5, 0.6) is 0 Å². The fraction of sp³-hybridized carbons (Fsp3) is 0.500. The summed E-state index contributed by atoms with van der Waals surface area (Å²) >= 11 is 5.97. The van der Waals surface area contributed by atoms with E-state index in [2.05, 4.69) is 15.6 Å². The standard InChI is InChI=1S/C18H24ClN5O2/c1-2-7-20-17(25)13-5-8-23(9-6-13)18(26)21-10-15-12-24-11-14(19)3-4-16(24)22-15/h3-4,11-13H,2,5-10H2,1H3,(H,20,25)(H,21,26). The van der Waals surface area contributed by atoms with Crippen molar-refractivity contribution >= 4 is 29.2 Å². The van der Waals surface area contributed by atoms with Gasteiger partial charge >= 0.3 is 6.03 Å². The molecular formula is C18H24ClN5O2. The highest BCUT2D eigenvalue weighted by molar-refractivity contribution is 6.30. The fourth-order valence-corrected chi connectivity index (χ4v) is 3.29. The van der Waals surface area contributed by atoms with Gasteiger partial charge in [0, 0.05) is 37.9 Å². The average molecular weight is 378 g/mol. The Kier molecular flexibility index (Phi) is 5.98. The number of imidazole rings is 1. The number of likely N-dealkylation sites (tertiary alicyclic amines) is 1. The van der Waals surface area contributed by atoms with Gasteiger partial charge in [0.15, 0.2) is 0 Å². The minimum Gasteiger partial charge on any atom is -0.356 e. The summed E-state index contributed by atoms with van der Waals surface area (Å²) in [5.74, 6) is 0.115. The molecule has 1 aliphatic rings.